The van der Waals surface area contributed by atoms with E-state index in [2.05, 4.69) is 4.90 Å². The van der Waals surface area contributed by atoms with Gasteiger partial charge in [0.15, 0.2) is 17.3 Å². The number of rotatable bonds is 7. The van der Waals surface area contributed by atoms with Crippen molar-refractivity contribution in [1.29, 1.82) is 0 Å². The molecule has 0 unspecified atom stereocenters. The van der Waals surface area contributed by atoms with E-state index < -0.39 is 23.1 Å². The molecule has 1 aromatic carbocycles. The minimum absolute atomic E-state index is 0.0160. The fraction of sp³-hybridized carbons (Fsp3) is 0.393. The summed E-state index contributed by atoms with van der Waals surface area (Å²) in [7, 11) is 2.65. The van der Waals surface area contributed by atoms with E-state index in [0.29, 0.717) is 36.9 Å². The van der Waals surface area contributed by atoms with Gasteiger partial charge in [0, 0.05) is 43.4 Å². The summed E-state index contributed by atoms with van der Waals surface area (Å²) in [5, 5.41) is 20.7. The molecule has 0 amide bonds. The molecule has 4 heterocycles. The smallest absolute Gasteiger partial charge is 0.306 e. The van der Waals surface area contributed by atoms with Gasteiger partial charge in [0.25, 0.3) is 5.56 Å². The lowest BCUT2D eigenvalue weighted by atomic mass is 9.83. The van der Waals surface area contributed by atoms with E-state index in [1.54, 1.807) is 18.2 Å². The molecule has 3 aromatic rings. The highest BCUT2D eigenvalue weighted by Gasteiger charge is 2.35. The van der Waals surface area contributed by atoms with Gasteiger partial charge < -0.3 is 28.7 Å². The number of pyridine rings is 1. The molecular formula is C28H30N2O8. The highest BCUT2D eigenvalue weighted by atomic mass is 16.5. The first-order chi connectivity index (χ1) is 18.3. The van der Waals surface area contributed by atoms with Crippen molar-refractivity contribution in [3.63, 3.8) is 0 Å². The number of hydrogen-bond acceptors (Lipinski definition) is 9. The van der Waals surface area contributed by atoms with Crippen LogP contribution >= 0.6 is 0 Å². The number of fused-ring (bicyclic) bond motifs is 4. The van der Waals surface area contributed by atoms with E-state index in [-0.39, 0.29) is 35.2 Å². The van der Waals surface area contributed by atoms with Crippen molar-refractivity contribution in [3.8, 4) is 17.2 Å². The number of ether oxygens (including phenoxy) is 2. The monoisotopic (exact) mass is 522 g/mol. The number of hydrogen-bond donors (Lipinski definition) is 2. The number of nitrogens with zero attached hydrogens (tertiary/aromatic N) is 2. The van der Waals surface area contributed by atoms with Crippen molar-refractivity contribution in [2.75, 3.05) is 27.3 Å². The second-order valence-electron chi connectivity index (χ2n) is 9.95. The Balaban J connectivity index is 1.47. The van der Waals surface area contributed by atoms with Gasteiger partial charge in [0.1, 0.15) is 5.76 Å². The molecule has 0 spiro atoms. The van der Waals surface area contributed by atoms with Gasteiger partial charge in [0.05, 0.1) is 33.1 Å². The van der Waals surface area contributed by atoms with Gasteiger partial charge in [-0.15, -0.1) is 0 Å². The van der Waals surface area contributed by atoms with E-state index in [1.165, 1.54) is 32.4 Å². The Kier molecular flexibility index (Phi) is 6.98. The molecule has 0 radical (unpaired) electrons. The molecule has 2 bridgehead atoms. The third kappa shape index (κ3) is 4.91. The predicted molar refractivity (Wildman–Crippen MR) is 137 cm³/mol. The van der Waals surface area contributed by atoms with Crippen LogP contribution in [0.1, 0.15) is 47.5 Å². The minimum Gasteiger partial charge on any atom is -0.504 e. The number of aromatic hydroxyl groups is 2. The first-order valence-corrected chi connectivity index (χ1v) is 12.5. The zero-order valence-corrected chi connectivity index (χ0v) is 21.3. The number of aromatic nitrogens is 1. The number of phenolic OH excluding ortho intramolecular Hbond substituents is 1. The van der Waals surface area contributed by atoms with Gasteiger partial charge in [-0.1, -0.05) is 12.1 Å². The van der Waals surface area contributed by atoms with Crippen LogP contribution in [0.15, 0.2) is 56.5 Å². The Morgan fingerprint density at radius 3 is 2.68 bits per heavy atom. The zero-order valence-electron chi connectivity index (χ0n) is 21.3. The van der Waals surface area contributed by atoms with E-state index in [4.69, 9.17) is 13.9 Å². The molecule has 2 N–H and O–H groups in total. The Labute approximate surface area is 218 Å². The summed E-state index contributed by atoms with van der Waals surface area (Å²) in [6.45, 7) is 2.41. The summed E-state index contributed by atoms with van der Waals surface area (Å²) in [5.74, 6) is -1.14. The van der Waals surface area contributed by atoms with Crippen LogP contribution in [0.3, 0.4) is 0 Å². The van der Waals surface area contributed by atoms with Gasteiger partial charge in [-0.05, 0) is 36.1 Å². The summed E-state index contributed by atoms with van der Waals surface area (Å²) in [6.07, 6.45) is 0.790. The molecule has 200 valence electrons. The van der Waals surface area contributed by atoms with Gasteiger partial charge in [-0.25, -0.2) is 0 Å². The normalized spacial score (nSPS) is 19.4. The zero-order chi connectivity index (χ0) is 27.0. The van der Waals surface area contributed by atoms with Gasteiger partial charge in [-0.2, -0.15) is 0 Å². The minimum atomic E-state index is -0.857. The summed E-state index contributed by atoms with van der Waals surface area (Å²) >= 11 is 0. The van der Waals surface area contributed by atoms with Crippen molar-refractivity contribution >= 4 is 5.97 Å². The number of piperidine rings is 1. The van der Waals surface area contributed by atoms with Gasteiger partial charge >= 0.3 is 5.97 Å². The molecule has 10 heteroatoms. The fourth-order valence-electron chi connectivity index (χ4n) is 5.74. The van der Waals surface area contributed by atoms with Crippen molar-refractivity contribution in [3.05, 3.63) is 85.8 Å². The summed E-state index contributed by atoms with van der Waals surface area (Å²) in [6, 6.07) is 11.2. The maximum Gasteiger partial charge on any atom is 0.306 e. The van der Waals surface area contributed by atoms with E-state index >= 15 is 0 Å². The van der Waals surface area contributed by atoms with Crippen LogP contribution in [0, 0.1) is 5.92 Å². The lowest BCUT2D eigenvalue weighted by Gasteiger charge is -2.42. The topological polar surface area (TPSA) is 131 Å². The first-order valence-electron chi connectivity index (χ1n) is 12.5. The molecule has 0 saturated carbocycles. The van der Waals surface area contributed by atoms with Crippen molar-refractivity contribution < 1.29 is 28.9 Å². The molecule has 1 fully saturated rings. The average Bonchev–Trinajstić information content (AvgIpc) is 2.90. The molecule has 3 atom stereocenters. The van der Waals surface area contributed by atoms with Gasteiger partial charge in [-0.3, -0.25) is 19.3 Å². The predicted octanol–water partition coefficient (Wildman–Crippen LogP) is 2.54. The Hall–Kier alpha value is -4.05. The molecular weight excluding hydrogens is 492 g/mol. The summed E-state index contributed by atoms with van der Waals surface area (Å²) in [4.78, 5) is 39.6. The molecule has 1 saturated heterocycles. The molecule has 2 aliphatic rings. The molecule has 38 heavy (non-hydrogen) atoms. The Bertz CT molecular complexity index is 1480. The van der Waals surface area contributed by atoms with E-state index in [9.17, 15) is 24.6 Å². The van der Waals surface area contributed by atoms with Crippen LogP contribution in [0.5, 0.6) is 17.2 Å². The third-order valence-electron chi connectivity index (χ3n) is 7.46. The number of methoxy groups -OCH3 is 2. The molecule has 0 aliphatic carbocycles. The fourth-order valence-corrected chi connectivity index (χ4v) is 5.74. The molecule has 5 rings (SSSR count). The van der Waals surface area contributed by atoms with Crippen molar-refractivity contribution in [2.45, 2.75) is 37.8 Å². The molecule has 2 aromatic heterocycles. The van der Waals surface area contributed by atoms with Crippen molar-refractivity contribution in [1.82, 2.24) is 9.47 Å². The summed E-state index contributed by atoms with van der Waals surface area (Å²) in [5.41, 5.74) is 0.916. The number of esters is 1. The Morgan fingerprint density at radius 1 is 1.11 bits per heavy atom. The van der Waals surface area contributed by atoms with Crippen LogP contribution in [-0.2, 0) is 22.6 Å². The highest BCUT2D eigenvalue weighted by molar-refractivity contribution is 5.71. The number of phenols is 1. The maximum atomic E-state index is 12.8. The third-order valence-corrected chi connectivity index (χ3v) is 7.46. The van der Waals surface area contributed by atoms with Crippen LogP contribution in [0.4, 0.5) is 0 Å². The van der Waals surface area contributed by atoms with Crippen LogP contribution in [-0.4, -0.2) is 53.0 Å². The van der Waals surface area contributed by atoms with Crippen LogP contribution in [0.25, 0.3) is 0 Å². The van der Waals surface area contributed by atoms with Crippen molar-refractivity contribution in [2.24, 2.45) is 5.92 Å². The second kappa shape index (κ2) is 10.4. The summed E-state index contributed by atoms with van der Waals surface area (Å²) < 4.78 is 18.0. The number of carbonyl (C=O) groups is 1. The largest absolute Gasteiger partial charge is 0.504 e. The van der Waals surface area contributed by atoms with E-state index in [1.807, 2.05) is 10.6 Å². The highest BCUT2D eigenvalue weighted by Crippen LogP contribution is 2.39. The van der Waals surface area contributed by atoms with Crippen LogP contribution < -0.4 is 15.7 Å². The Morgan fingerprint density at radius 2 is 1.92 bits per heavy atom. The van der Waals surface area contributed by atoms with Gasteiger partial charge in [0.2, 0.25) is 11.2 Å². The number of carbonyl (C=O) groups excluding carboxylic acids is 1. The lowest BCUT2D eigenvalue weighted by Crippen LogP contribution is -2.46. The molecule has 2 aliphatic heterocycles. The SMILES string of the molecule is COC(=O)C[C@@H](c1ccc(O)c(OC)c1)c1oc(CN2C[C@@H]3C[C@H](C2)c2cccc(=O)n2C3)cc(=O)c1O. The van der Waals surface area contributed by atoms with Crippen LogP contribution in [0.2, 0.25) is 0 Å². The van der Waals surface area contributed by atoms with E-state index in [0.717, 1.165) is 18.7 Å². The number of benzene rings is 1. The molecule has 10 nitrogen and oxygen atoms in total. The standard InChI is InChI=1S/C28H30N2O8/c1-36-24-9-17(6-7-22(24)31)20(11-26(34)37-2)28-27(35)23(32)10-19(38-28)15-29-12-16-8-18(14-29)21-4-3-5-25(33)30(21)13-16/h3-7,9-10,16,18,20,31,35H,8,11-15H2,1-2H3/t16-,18+,20-/m0/s1. The second-order valence-corrected chi connectivity index (χ2v) is 9.95. The first kappa shape index (κ1) is 25.6. The number of likely N-dealkylation sites (tertiary alicyclic amines) is 1. The average molecular weight is 523 g/mol. The lowest BCUT2D eigenvalue weighted by molar-refractivity contribution is -0.140. The maximum absolute atomic E-state index is 12.8. The quantitative estimate of drug-likeness (QED) is 0.449.